The Bertz CT molecular complexity index is 462. The molecule has 2 aromatic rings. The SMILES string of the molecule is Cc1ccc(N/N=N/c2ccccn2)cc1. The molecular formula is C12H12N4. The zero-order valence-corrected chi connectivity index (χ0v) is 8.96. The van der Waals surface area contributed by atoms with Gasteiger partial charge in [0.15, 0.2) is 5.82 Å². The summed E-state index contributed by atoms with van der Waals surface area (Å²) in [6.45, 7) is 2.04. The second kappa shape index (κ2) is 5.02. The first-order chi connectivity index (χ1) is 7.84. The van der Waals surface area contributed by atoms with Crippen molar-refractivity contribution in [2.75, 3.05) is 5.43 Å². The summed E-state index contributed by atoms with van der Waals surface area (Å²) in [4.78, 5) is 4.02. The summed E-state index contributed by atoms with van der Waals surface area (Å²) >= 11 is 0. The van der Waals surface area contributed by atoms with Crippen molar-refractivity contribution in [1.29, 1.82) is 0 Å². The van der Waals surface area contributed by atoms with Crippen LogP contribution in [0.2, 0.25) is 0 Å². The Labute approximate surface area is 94.0 Å². The van der Waals surface area contributed by atoms with Gasteiger partial charge < -0.3 is 0 Å². The van der Waals surface area contributed by atoms with Gasteiger partial charge in [0.2, 0.25) is 0 Å². The number of nitrogens with one attached hydrogen (secondary N) is 1. The first kappa shape index (κ1) is 10.3. The number of hydrogen-bond donors (Lipinski definition) is 1. The van der Waals surface area contributed by atoms with Gasteiger partial charge in [-0.1, -0.05) is 29.0 Å². The van der Waals surface area contributed by atoms with Crippen LogP contribution in [0, 0.1) is 6.92 Å². The molecule has 1 heterocycles. The van der Waals surface area contributed by atoms with Gasteiger partial charge in [0, 0.05) is 6.20 Å². The molecule has 0 unspecified atom stereocenters. The first-order valence-electron chi connectivity index (χ1n) is 4.99. The molecule has 0 saturated carbocycles. The third kappa shape index (κ3) is 2.88. The second-order valence-corrected chi connectivity index (χ2v) is 3.37. The third-order valence-electron chi connectivity index (χ3n) is 2.03. The highest BCUT2D eigenvalue weighted by Crippen LogP contribution is 2.10. The molecule has 0 aliphatic heterocycles. The highest BCUT2D eigenvalue weighted by atomic mass is 15.4. The van der Waals surface area contributed by atoms with Crippen molar-refractivity contribution >= 4 is 11.5 Å². The topological polar surface area (TPSA) is 49.6 Å². The predicted molar refractivity (Wildman–Crippen MR) is 63.6 cm³/mol. The molecule has 4 heteroatoms. The average Bonchev–Trinajstić information content (AvgIpc) is 2.33. The predicted octanol–water partition coefficient (Wildman–Crippen LogP) is 3.50. The molecule has 0 aliphatic carbocycles. The van der Waals surface area contributed by atoms with Crippen LogP contribution >= 0.6 is 0 Å². The van der Waals surface area contributed by atoms with Crippen LogP contribution in [0.4, 0.5) is 11.5 Å². The third-order valence-corrected chi connectivity index (χ3v) is 2.03. The van der Waals surface area contributed by atoms with Crippen molar-refractivity contribution in [2.24, 2.45) is 10.3 Å². The van der Waals surface area contributed by atoms with E-state index < -0.39 is 0 Å². The highest BCUT2D eigenvalue weighted by molar-refractivity contribution is 5.43. The van der Waals surface area contributed by atoms with E-state index >= 15 is 0 Å². The fourth-order valence-corrected chi connectivity index (χ4v) is 1.17. The maximum Gasteiger partial charge on any atom is 0.176 e. The van der Waals surface area contributed by atoms with Crippen molar-refractivity contribution in [3.63, 3.8) is 0 Å². The van der Waals surface area contributed by atoms with E-state index in [-0.39, 0.29) is 0 Å². The summed E-state index contributed by atoms with van der Waals surface area (Å²) < 4.78 is 0. The van der Waals surface area contributed by atoms with Crippen LogP contribution in [-0.2, 0) is 0 Å². The van der Waals surface area contributed by atoms with E-state index in [4.69, 9.17) is 0 Å². The zero-order valence-electron chi connectivity index (χ0n) is 8.96. The molecular weight excluding hydrogens is 200 g/mol. The molecule has 0 saturated heterocycles. The Morgan fingerprint density at radius 1 is 1.06 bits per heavy atom. The minimum atomic E-state index is 0.585. The Balaban J connectivity index is 1.97. The first-order valence-corrected chi connectivity index (χ1v) is 4.99. The number of aromatic nitrogens is 1. The van der Waals surface area contributed by atoms with E-state index in [2.05, 4.69) is 20.7 Å². The number of pyridine rings is 1. The Morgan fingerprint density at radius 3 is 2.56 bits per heavy atom. The maximum atomic E-state index is 4.02. The monoisotopic (exact) mass is 212 g/mol. The van der Waals surface area contributed by atoms with Gasteiger partial charge in [0.1, 0.15) is 0 Å². The van der Waals surface area contributed by atoms with Crippen molar-refractivity contribution in [1.82, 2.24) is 4.98 Å². The summed E-state index contributed by atoms with van der Waals surface area (Å²) in [6, 6.07) is 13.4. The largest absolute Gasteiger partial charge is 0.260 e. The Hall–Kier alpha value is -2.23. The molecule has 0 bridgehead atoms. The van der Waals surface area contributed by atoms with Gasteiger partial charge in [0.05, 0.1) is 5.69 Å². The highest BCUT2D eigenvalue weighted by Gasteiger charge is 1.89. The van der Waals surface area contributed by atoms with E-state index in [9.17, 15) is 0 Å². The molecule has 1 aromatic heterocycles. The number of nitrogens with zero attached hydrogens (tertiary/aromatic N) is 3. The number of aryl methyl sites for hydroxylation is 1. The number of rotatable bonds is 3. The van der Waals surface area contributed by atoms with E-state index in [1.165, 1.54) is 5.56 Å². The van der Waals surface area contributed by atoms with E-state index in [1.807, 2.05) is 43.3 Å². The molecule has 16 heavy (non-hydrogen) atoms. The van der Waals surface area contributed by atoms with Crippen LogP contribution in [0.3, 0.4) is 0 Å². The minimum absolute atomic E-state index is 0.585. The fraction of sp³-hybridized carbons (Fsp3) is 0.0833. The Kier molecular flexibility index (Phi) is 3.23. The summed E-state index contributed by atoms with van der Waals surface area (Å²) in [5.74, 6) is 0.585. The summed E-state index contributed by atoms with van der Waals surface area (Å²) in [5, 5.41) is 7.78. The van der Waals surface area contributed by atoms with Crippen LogP contribution in [0.25, 0.3) is 0 Å². The fourth-order valence-electron chi connectivity index (χ4n) is 1.17. The molecule has 2 rings (SSSR count). The number of hydrogen-bond acceptors (Lipinski definition) is 3. The van der Waals surface area contributed by atoms with Crippen LogP contribution in [-0.4, -0.2) is 4.98 Å². The van der Waals surface area contributed by atoms with Gasteiger partial charge in [-0.3, -0.25) is 5.43 Å². The smallest absolute Gasteiger partial charge is 0.176 e. The quantitative estimate of drug-likeness (QED) is 0.625. The van der Waals surface area contributed by atoms with Crippen molar-refractivity contribution in [3.8, 4) is 0 Å². The molecule has 0 aliphatic rings. The molecule has 0 radical (unpaired) electrons. The number of anilines is 1. The van der Waals surface area contributed by atoms with Crippen LogP contribution in [0.1, 0.15) is 5.56 Å². The van der Waals surface area contributed by atoms with Crippen molar-refractivity contribution < 1.29 is 0 Å². The van der Waals surface area contributed by atoms with Gasteiger partial charge in [-0.15, -0.1) is 5.11 Å². The van der Waals surface area contributed by atoms with Crippen LogP contribution in [0.5, 0.6) is 0 Å². The lowest BCUT2D eigenvalue weighted by molar-refractivity contribution is 1.09. The summed E-state index contributed by atoms with van der Waals surface area (Å²) in [7, 11) is 0. The van der Waals surface area contributed by atoms with Crippen molar-refractivity contribution in [3.05, 3.63) is 54.2 Å². The van der Waals surface area contributed by atoms with E-state index in [0.717, 1.165) is 5.69 Å². The summed E-state index contributed by atoms with van der Waals surface area (Å²) in [5.41, 5.74) is 4.96. The van der Waals surface area contributed by atoms with Gasteiger partial charge in [-0.25, -0.2) is 4.98 Å². The maximum absolute atomic E-state index is 4.02. The second-order valence-electron chi connectivity index (χ2n) is 3.37. The van der Waals surface area contributed by atoms with Crippen LogP contribution < -0.4 is 5.43 Å². The van der Waals surface area contributed by atoms with E-state index in [0.29, 0.717) is 5.82 Å². The normalized spacial score (nSPS) is 10.6. The molecule has 1 aromatic carbocycles. The molecule has 80 valence electrons. The molecule has 1 N–H and O–H groups in total. The molecule has 0 amide bonds. The lowest BCUT2D eigenvalue weighted by atomic mass is 10.2. The molecule has 0 spiro atoms. The van der Waals surface area contributed by atoms with Gasteiger partial charge in [-0.2, -0.15) is 0 Å². The molecule has 0 atom stereocenters. The van der Waals surface area contributed by atoms with Gasteiger partial charge in [-0.05, 0) is 31.2 Å². The molecule has 4 nitrogen and oxygen atoms in total. The standard InChI is InChI=1S/C12H12N4/c1-10-5-7-11(8-6-10)14-16-15-12-4-2-3-9-13-12/h2-9H,1H3,(H,13,14,15). The van der Waals surface area contributed by atoms with E-state index in [1.54, 1.807) is 12.3 Å². The average molecular weight is 212 g/mol. The van der Waals surface area contributed by atoms with Crippen molar-refractivity contribution in [2.45, 2.75) is 6.92 Å². The zero-order chi connectivity index (χ0) is 11.2. The summed E-state index contributed by atoms with van der Waals surface area (Å²) in [6.07, 6.45) is 1.68. The Morgan fingerprint density at radius 2 is 1.88 bits per heavy atom. The van der Waals surface area contributed by atoms with Crippen LogP contribution in [0.15, 0.2) is 59.0 Å². The minimum Gasteiger partial charge on any atom is -0.260 e. The van der Waals surface area contributed by atoms with Gasteiger partial charge in [0.25, 0.3) is 0 Å². The van der Waals surface area contributed by atoms with Gasteiger partial charge >= 0.3 is 0 Å². The lowest BCUT2D eigenvalue weighted by Gasteiger charge is -1.98. The lowest BCUT2D eigenvalue weighted by Crippen LogP contribution is -1.86. The number of benzene rings is 1. The molecule has 0 fully saturated rings.